The maximum absolute atomic E-state index is 5.67. The first kappa shape index (κ1) is 13.2. The van der Waals surface area contributed by atoms with Crippen LogP contribution in [0.4, 0.5) is 0 Å². The van der Waals surface area contributed by atoms with Crippen molar-refractivity contribution in [2.45, 2.75) is 19.0 Å². The molecule has 3 nitrogen and oxygen atoms in total. The van der Waals surface area contributed by atoms with Gasteiger partial charge in [0.25, 0.3) is 0 Å². The average Bonchev–Trinajstić information content (AvgIpc) is 2.13. The van der Waals surface area contributed by atoms with Crippen molar-refractivity contribution in [2.75, 3.05) is 39.3 Å². The molecule has 0 aromatic rings. The molecule has 0 heterocycles. The molecule has 0 bridgehead atoms. The molecule has 13 heavy (non-hydrogen) atoms. The maximum Gasteiger partial charge on any atom is 0.0630 e. The van der Waals surface area contributed by atoms with Crippen molar-refractivity contribution in [1.82, 2.24) is 4.90 Å². The molecule has 0 fully saturated rings. The third kappa shape index (κ3) is 4.86. The highest BCUT2D eigenvalue weighted by atomic mass is 32.2. The Balaban J connectivity index is 3.94. The fourth-order valence-corrected chi connectivity index (χ4v) is 1.98. The second-order valence-corrected chi connectivity index (χ2v) is 4.23. The third-order valence-corrected chi connectivity index (χ3v) is 3.13. The molecule has 0 radical (unpaired) electrons. The zero-order valence-corrected chi connectivity index (χ0v) is 9.93. The fourth-order valence-electron chi connectivity index (χ4n) is 1.26. The number of rotatable bonds is 7. The van der Waals surface area contributed by atoms with E-state index in [2.05, 4.69) is 25.1 Å². The molecule has 0 aliphatic carbocycles. The van der Waals surface area contributed by atoms with E-state index in [1.807, 2.05) is 11.8 Å². The van der Waals surface area contributed by atoms with Gasteiger partial charge in [-0.15, -0.1) is 0 Å². The quantitative estimate of drug-likeness (QED) is 0.663. The predicted octanol–water partition coefficient (Wildman–Crippen LogP) is 0.643. The Morgan fingerprint density at radius 1 is 1.54 bits per heavy atom. The molecule has 4 heteroatoms. The van der Waals surface area contributed by atoms with Crippen LogP contribution in [0.25, 0.3) is 0 Å². The van der Waals surface area contributed by atoms with Crippen molar-refractivity contribution in [1.29, 1.82) is 0 Å². The molecule has 0 saturated carbocycles. The van der Waals surface area contributed by atoms with Crippen LogP contribution in [0, 0.1) is 0 Å². The number of methoxy groups -OCH3 is 1. The van der Waals surface area contributed by atoms with E-state index in [0.717, 1.165) is 5.75 Å². The lowest BCUT2D eigenvalue weighted by Gasteiger charge is -2.31. The molecular formula is C9H22N2OS. The van der Waals surface area contributed by atoms with Gasteiger partial charge in [0.2, 0.25) is 0 Å². The SMILES string of the molecule is COCC(CN)N(C)C(C)CSC. The monoisotopic (exact) mass is 206 g/mol. The average molecular weight is 206 g/mol. The van der Waals surface area contributed by atoms with Gasteiger partial charge in [0, 0.05) is 31.5 Å². The summed E-state index contributed by atoms with van der Waals surface area (Å²) in [4.78, 5) is 2.29. The minimum atomic E-state index is 0.340. The van der Waals surface area contributed by atoms with Crippen LogP contribution >= 0.6 is 11.8 Å². The number of ether oxygens (including phenoxy) is 1. The van der Waals surface area contributed by atoms with E-state index in [4.69, 9.17) is 10.5 Å². The minimum absolute atomic E-state index is 0.340. The second-order valence-electron chi connectivity index (χ2n) is 3.31. The molecule has 2 N–H and O–H groups in total. The minimum Gasteiger partial charge on any atom is -0.383 e. The summed E-state index contributed by atoms with van der Waals surface area (Å²) in [5, 5.41) is 0. The van der Waals surface area contributed by atoms with Gasteiger partial charge < -0.3 is 10.5 Å². The summed E-state index contributed by atoms with van der Waals surface area (Å²) in [6.07, 6.45) is 2.12. The van der Waals surface area contributed by atoms with E-state index >= 15 is 0 Å². The highest BCUT2D eigenvalue weighted by Gasteiger charge is 2.17. The molecule has 2 unspecified atom stereocenters. The number of hydrogen-bond acceptors (Lipinski definition) is 4. The van der Waals surface area contributed by atoms with E-state index in [1.165, 1.54) is 0 Å². The molecule has 2 atom stereocenters. The van der Waals surface area contributed by atoms with Crippen molar-refractivity contribution in [2.24, 2.45) is 5.73 Å². The standard InChI is InChI=1S/C9H22N2OS/c1-8(7-13-4)11(2)9(5-10)6-12-3/h8-9H,5-7,10H2,1-4H3. The van der Waals surface area contributed by atoms with E-state index in [1.54, 1.807) is 7.11 Å². The van der Waals surface area contributed by atoms with Gasteiger partial charge in [-0.05, 0) is 20.2 Å². The Bertz CT molecular complexity index is 124. The third-order valence-electron chi connectivity index (χ3n) is 2.31. The summed E-state index contributed by atoms with van der Waals surface area (Å²) in [5.74, 6) is 1.14. The lowest BCUT2D eigenvalue weighted by atomic mass is 10.2. The molecular weight excluding hydrogens is 184 g/mol. The molecule has 0 aliphatic heterocycles. The molecule has 0 spiro atoms. The summed E-state index contributed by atoms with van der Waals surface area (Å²) in [6.45, 7) is 3.59. The molecule has 0 aromatic carbocycles. The van der Waals surface area contributed by atoms with E-state index in [9.17, 15) is 0 Å². The summed E-state index contributed by atoms with van der Waals surface area (Å²) < 4.78 is 5.12. The van der Waals surface area contributed by atoms with Gasteiger partial charge in [0.1, 0.15) is 0 Å². The van der Waals surface area contributed by atoms with Crippen LogP contribution in [-0.4, -0.2) is 56.3 Å². The highest BCUT2D eigenvalue weighted by molar-refractivity contribution is 7.98. The number of thioether (sulfide) groups is 1. The first-order valence-corrected chi connectivity index (χ1v) is 5.96. The summed E-state index contributed by atoms with van der Waals surface area (Å²) in [6, 6.07) is 0.894. The first-order valence-electron chi connectivity index (χ1n) is 4.57. The van der Waals surface area contributed by atoms with Crippen LogP contribution in [0.5, 0.6) is 0 Å². The van der Waals surface area contributed by atoms with Gasteiger partial charge in [0.05, 0.1) is 6.61 Å². The molecule has 0 aliphatic rings. The number of nitrogens with two attached hydrogens (primary N) is 1. The Kier molecular flexibility index (Phi) is 7.75. The molecule has 0 amide bonds. The van der Waals surface area contributed by atoms with Gasteiger partial charge in [-0.3, -0.25) is 4.90 Å². The predicted molar refractivity (Wildman–Crippen MR) is 60.3 cm³/mol. The normalized spacial score (nSPS) is 16.2. The van der Waals surface area contributed by atoms with Gasteiger partial charge in [-0.2, -0.15) is 11.8 Å². The lowest BCUT2D eigenvalue weighted by Crippen LogP contribution is -2.46. The smallest absolute Gasteiger partial charge is 0.0630 e. The molecule has 80 valence electrons. The molecule has 0 rings (SSSR count). The fraction of sp³-hybridized carbons (Fsp3) is 1.00. The Labute approximate surface area is 86.0 Å². The Morgan fingerprint density at radius 2 is 2.15 bits per heavy atom. The molecule has 0 aromatic heterocycles. The number of nitrogens with zero attached hydrogens (tertiary/aromatic N) is 1. The number of likely N-dealkylation sites (N-methyl/N-ethyl adjacent to an activating group) is 1. The molecule has 0 saturated heterocycles. The van der Waals surface area contributed by atoms with Crippen molar-refractivity contribution in [3.8, 4) is 0 Å². The van der Waals surface area contributed by atoms with Crippen molar-refractivity contribution < 1.29 is 4.74 Å². The van der Waals surface area contributed by atoms with Gasteiger partial charge >= 0.3 is 0 Å². The maximum atomic E-state index is 5.67. The van der Waals surface area contributed by atoms with E-state index < -0.39 is 0 Å². The summed E-state index contributed by atoms with van der Waals surface area (Å²) in [5.41, 5.74) is 5.67. The highest BCUT2D eigenvalue weighted by Crippen LogP contribution is 2.07. The van der Waals surface area contributed by atoms with Crippen LogP contribution in [0.3, 0.4) is 0 Å². The van der Waals surface area contributed by atoms with Crippen LogP contribution in [0.1, 0.15) is 6.92 Å². The van der Waals surface area contributed by atoms with Gasteiger partial charge in [-0.1, -0.05) is 0 Å². The van der Waals surface area contributed by atoms with E-state index in [0.29, 0.717) is 25.2 Å². The van der Waals surface area contributed by atoms with E-state index in [-0.39, 0.29) is 0 Å². The van der Waals surface area contributed by atoms with Gasteiger partial charge in [-0.25, -0.2) is 0 Å². The first-order chi connectivity index (χ1) is 6.17. The van der Waals surface area contributed by atoms with Crippen molar-refractivity contribution in [3.63, 3.8) is 0 Å². The second kappa shape index (κ2) is 7.62. The van der Waals surface area contributed by atoms with Crippen LogP contribution in [-0.2, 0) is 4.74 Å². The van der Waals surface area contributed by atoms with Crippen molar-refractivity contribution in [3.05, 3.63) is 0 Å². The number of hydrogen-bond donors (Lipinski definition) is 1. The van der Waals surface area contributed by atoms with Crippen LogP contribution < -0.4 is 5.73 Å². The van der Waals surface area contributed by atoms with Crippen LogP contribution in [0.15, 0.2) is 0 Å². The zero-order valence-electron chi connectivity index (χ0n) is 9.12. The zero-order chi connectivity index (χ0) is 10.3. The summed E-state index contributed by atoms with van der Waals surface area (Å²) in [7, 11) is 3.83. The summed E-state index contributed by atoms with van der Waals surface area (Å²) >= 11 is 1.86. The Morgan fingerprint density at radius 3 is 2.54 bits per heavy atom. The van der Waals surface area contributed by atoms with Crippen LogP contribution in [0.2, 0.25) is 0 Å². The van der Waals surface area contributed by atoms with Crippen molar-refractivity contribution >= 4 is 11.8 Å². The largest absolute Gasteiger partial charge is 0.383 e. The lowest BCUT2D eigenvalue weighted by molar-refractivity contribution is 0.0943. The Hall–Kier alpha value is 0.230. The topological polar surface area (TPSA) is 38.5 Å². The van der Waals surface area contributed by atoms with Gasteiger partial charge in [0.15, 0.2) is 0 Å².